The van der Waals surface area contributed by atoms with Crippen molar-refractivity contribution in [1.29, 1.82) is 0 Å². The molecular formula is C22H17BrCl2N2O3. The monoisotopic (exact) mass is 506 g/mol. The van der Waals surface area contributed by atoms with Gasteiger partial charge in [0.05, 0.1) is 27.8 Å². The van der Waals surface area contributed by atoms with Crippen LogP contribution in [-0.4, -0.2) is 19.2 Å². The van der Waals surface area contributed by atoms with Gasteiger partial charge in [0.15, 0.2) is 11.5 Å². The summed E-state index contributed by atoms with van der Waals surface area (Å²) in [6.45, 7) is 0.284. The predicted molar refractivity (Wildman–Crippen MR) is 123 cm³/mol. The minimum Gasteiger partial charge on any atom is -0.493 e. The highest BCUT2D eigenvalue weighted by Crippen LogP contribution is 2.37. The molecule has 5 nitrogen and oxygen atoms in total. The zero-order valence-corrected chi connectivity index (χ0v) is 19.0. The Bertz CT molecular complexity index is 1080. The zero-order chi connectivity index (χ0) is 21.5. The van der Waals surface area contributed by atoms with E-state index in [2.05, 4.69) is 26.5 Å². The van der Waals surface area contributed by atoms with Crippen LogP contribution in [0.3, 0.4) is 0 Å². The lowest BCUT2D eigenvalue weighted by Gasteiger charge is -2.14. The van der Waals surface area contributed by atoms with Gasteiger partial charge in [0.25, 0.3) is 5.91 Å². The average molecular weight is 508 g/mol. The van der Waals surface area contributed by atoms with E-state index in [0.29, 0.717) is 37.1 Å². The fourth-order valence-corrected chi connectivity index (χ4v) is 3.45. The molecule has 3 rings (SSSR count). The van der Waals surface area contributed by atoms with Crippen LogP contribution in [0.25, 0.3) is 0 Å². The van der Waals surface area contributed by atoms with Crippen molar-refractivity contribution >= 4 is 51.3 Å². The summed E-state index contributed by atoms with van der Waals surface area (Å²) in [6.07, 6.45) is 1.52. The third kappa shape index (κ3) is 5.75. The van der Waals surface area contributed by atoms with Gasteiger partial charge in [-0.2, -0.15) is 5.10 Å². The molecule has 8 heteroatoms. The molecule has 0 saturated carbocycles. The fourth-order valence-electron chi connectivity index (χ4n) is 2.56. The summed E-state index contributed by atoms with van der Waals surface area (Å²) in [5.74, 6) is 0.758. The Labute approximate surface area is 192 Å². The molecule has 0 unspecified atom stereocenters. The smallest absolute Gasteiger partial charge is 0.271 e. The van der Waals surface area contributed by atoms with Gasteiger partial charge in [0.2, 0.25) is 0 Å². The van der Waals surface area contributed by atoms with Gasteiger partial charge >= 0.3 is 0 Å². The largest absolute Gasteiger partial charge is 0.493 e. The Morgan fingerprint density at radius 2 is 1.87 bits per heavy atom. The Morgan fingerprint density at radius 1 is 1.10 bits per heavy atom. The molecule has 0 radical (unpaired) electrons. The number of hydrazone groups is 1. The number of nitrogens with one attached hydrogen (secondary N) is 1. The van der Waals surface area contributed by atoms with Crippen LogP contribution in [-0.2, 0) is 6.61 Å². The van der Waals surface area contributed by atoms with Crippen molar-refractivity contribution in [2.45, 2.75) is 6.61 Å². The van der Waals surface area contributed by atoms with Crippen molar-refractivity contribution in [2.24, 2.45) is 5.10 Å². The van der Waals surface area contributed by atoms with Crippen LogP contribution in [0.5, 0.6) is 11.5 Å². The van der Waals surface area contributed by atoms with Crippen molar-refractivity contribution in [3.8, 4) is 11.5 Å². The van der Waals surface area contributed by atoms with Crippen LogP contribution in [0, 0.1) is 0 Å². The van der Waals surface area contributed by atoms with Crippen LogP contribution >= 0.6 is 39.1 Å². The molecule has 0 saturated heterocycles. The Hall–Kier alpha value is -2.54. The number of amides is 1. The maximum Gasteiger partial charge on any atom is 0.271 e. The molecule has 0 aliphatic heterocycles. The molecule has 0 fully saturated rings. The molecule has 0 atom stereocenters. The lowest BCUT2D eigenvalue weighted by atomic mass is 10.2. The molecule has 1 N–H and O–H groups in total. The molecule has 0 heterocycles. The number of carbonyl (C=O) groups excluding carboxylic acids is 1. The molecule has 30 heavy (non-hydrogen) atoms. The second-order valence-electron chi connectivity index (χ2n) is 6.14. The summed E-state index contributed by atoms with van der Waals surface area (Å²) in [5, 5.41) is 4.96. The Kier molecular flexibility index (Phi) is 7.74. The number of hydrogen-bond donors (Lipinski definition) is 1. The van der Waals surface area contributed by atoms with Gasteiger partial charge in [0.1, 0.15) is 6.61 Å². The Morgan fingerprint density at radius 3 is 2.57 bits per heavy atom. The molecule has 0 bridgehead atoms. The van der Waals surface area contributed by atoms with Crippen LogP contribution < -0.4 is 14.9 Å². The maximum atomic E-state index is 12.0. The number of carbonyl (C=O) groups is 1. The third-order valence-electron chi connectivity index (χ3n) is 4.03. The second-order valence-corrected chi connectivity index (χ2v) is 7.81. The van der Waals surface area contributed by atoms with Crippen molar-refractivity contribution in [3.05, 3.63) is 91.9 Å². The molecule has 1 amide bonds. The number of nitrogens with zero attached hydrogens (tertiary/aromatic N) is 1. The van der Waals surface area contributed by atoms with E-state index in [9.17, 15) is 4.79 Å². The van der Waals surface area contributed by atoms with Gasteiger partial charge in [-0.05, 0) is 63.5 Å². The van der Waals surface area contributed by atoms with Gasteiger partial charge in [-0.3, -0.25) is 4.79 Å². The summed E-state index contributed by atoms with van der Waals surface area (Å²) in [4.78, 5) is 12.0. The molecule has 0 aliphatic rings. The topological polar surface area (TPSA) is 59.9 Å². The minimum absolute atomic E-state index is 0.284. The summed E-state index contributed by atoms with van der Waals surface area (Å²) >= 11 is 15.5. The number of halogens is 3. The summed E-state index contributed by atoms with van der Waals surface area (Å²) < 4.78 is 12.0. The van der Waals surface area contributed by atoms with E-state index >= 15 is 0 Å². The SMILES string of the molecule is COc1cc(/C=N\NC(=O)c2ccccc2)cc(Br)c1OCc1ccc(Cl)c(Cl)c1. The van der Waals surface area contributed by atoms with Crippen LogP contribution in [0.4, 0.5) is 0 Å². The van der Waals surface area contributed by atoms with Gasteiger partial charge < -0.3 is 9.47 Å². The number of ether oxygens (including phenoxy) is 2. The second kappa shape index (κ2) is 10.5. The number of rotatable bonds is 7. The highest BCUT2D eigenvalue weighted by atomic mass is 79.9. The van der Waals surface area contributed by atoms with Crippen molar-refractivity contribution in [2.75, 3.05) is 7.11 Å². The van der Waals surface area contributed by atoms with E-state index in [-0.39, 0.29) is 12.5 Å². The number of benzene rings is 3. The first kappa shape index (κ1) is 22.2. The summed E-state index contributed by atoms with van der Waals surface area (Å²) in [5.41, 5.74) is 4.61. The number of hydrogen-bond acceptors (Lipinski definition) is 4. The number of methoxy groups -OCH3 is 1. The van der Waals surface area contributed by atoms with E-state index in [4.69, 9.17) is 32.7 Å². The van der Waals surface area contributed by atoms with E-state index < -0.39 is 0 Å². The molecule has 0 aromatic heterocycles. The predicted octanol–water partition coefficient (Wildman–Crippen LogP) is 6.11. The highest BCUT2D eigenvalue weighted by Gasteiger charge is 2.12. The van der Waals surface area contributed by atoms with Crippen molar-refractivity contribution in [1.82, 2.24) is 5.43 Å². The lowest BCUT2D eigenvalue weighted by Crippen LogP contribution is -2.17. The van der Waals surface area contributed by atoms with Crippen LogP contribution in [0.2, 0.25) is 10.0 Å². The van der Waals surface area contributed by atoms with Gasteiger partial charge in [0, 0.05) is 5.56 Å². The molecule has 154 valence electrons. The van der Waals surface area contributed by atoms with E-state index in [1.54, 1.807) is 49.6 Å². The first-order chi connectivity index (χ1) is 14.5. The Balaban J connectivity index is 1.70. The maximum absolute atomic E-state index is 12.0. The van der Waals surface area contributed by atoms with Gasteiger partial charge in [-0.15, -0.1) is 0 Å². The fraction of sp³-hybridized carbons (Fsp3) is 0.0909. The van der Waals surface area contributed by atoms with E-state index in [0.717, 1.165) is 5.56 Å². The molecular weight excluding hydrogens is 491 g/mol. The first-order valence-electron chi connectivity index (χ1n) is 8.80. The van der Waals surface area contributed by atoms with Crippen molar-refractivity contribution < 1.29 is 14.3 Å². The molecule has 3 aromatic rings. The van der Waals surface area contributed by atoms with Crippen molar-refractivity contribution in [3.63, 3.8) is 0 Å². The zero-order valence-electron chi connectivity index (χ0n) is 15.9. The van der Waals surface area contributed by atoms with E-state index in [1.165, 1.54) is 6.21 Å². The molecule has 0 aliphatic carbocycles. The third-order valence-corrected chi connectivity index (χ3v) is 5.36. The van der Waals surface area contributed by atoms with Gasteiger partial charge in [-0.25, -0.2) is 5.43 Å². The van der Waals surface area contributed by atoms with Crippen LogP contribution in [0.15, 0.2) is 70.2 Å². The first-order valence-corrected chi connectivity index (χ1v) is 10.4. The standard InChI is InChI=1S/C22H17BrCl2N2O3/c1-29-20-11-15(12-26-27-22(28)16-5-3-2-4-6-16)9-17(23)21(20)30-13-14-7-8-18(24)19(25)10-14/h2-12H,13H2,1H3,(H,27,28)/b26-12-. The summed E-state index contributed by atoms with van der Waals surface area (Å²) in [7, 11) is 1.55. The summed E-state index contributed by atoms with van der Waals surface area (Å²) in [6, 6.07) is 17.7. The van der Waals surface area contributed by atoms with E-state index in [1.807, 2.05) is 18.2 Å². The van der Waals surface area contributed by atoms with Gasteiger partial charge in [-0.1, -0.05) is 47.5 Å². The normalized spacial score (nSPS) is 10.8. The highest BCUT2D eigenvalue weighted by molar-refractivity contribution is 9.10. The lowest BCUT2D eigenvalue weighted by molar-refractivity contribution is 0.0955. The molecule has 3 aromatic carbocycles. The van der Waals surface area contributed by atoms with Crippen LogP contribution in [0.1, 0.15) is 21.5 Å². The molecule has 0 spiro atoms. The quantitative estimate of drug-likeness (QED) is 0.310. The average Bonchev–Trinajstić information content (AvgIpc) is 2.75. The minimum atomic E-state index is -0.292.